The van der Waals surface area contributed by atoms with Crippen LogP contribution in [0.5, 0.6) is 0 Å². The number of hydrogen-bond acceptors (Lipinski definition) is 4. The van der Waals surface area contributed by atoms with Crippen LogP contribution in [0.3, 0.4) is 0 Å². The number of hydrogen-bond donors (Lipinski definition) is 3. The van der Waals surface area contributed by atoms with E-state index in [2.05, 4.69) is 27.7 Å². The van der Waals surface area contributed by atoms with Gasteiger partial charge in [-0.05, 0) is 68.1 Å². The number of primary amides is 1. The second-order valence-corrected chi connectivity index (χ2v) is 6.84. The average Bonchev–Trinajstić information content (AvgIpc) is 2.68. The monoisotopic (exact) mass is 366 g/mol. The maximum absolute atomic E-state index is 12.2. The fraction of sp³-hybridized carbons (Fsp3) is 0.333. The first-order valence-corrected chi connectivity index (χ1v) is 9.33. The Hall–Kier alpha value is -3.02. The zero-order valence-electron chi connectivity index (χ0n) is 15.6. The van der Waals surface area contributed by atoms with E-state index in [9.17, 15) is 9.59 Å². The average molecular weight is 366 g/mol. The highest BCUT2D eigenvalue weighted by Gasteiger charge is 2.12. The van der Waals surface area contributed by atoms with Crippen LogP contribution in [-0.2, 0) is 4.79 Å². The number of anilines is 3. The maximum atomic E-state index is 12.2. The zero-order chi connectivity index (χ0) is 19.2. The van der Waals surface area contributed by atoms with Crippen molar-refractivity contribution in [2.75, 3.05) is 35.2 Å². The van der Waals surface area contributed by atoms with E-state index in [1.54, 1.807) is 19.1 Å². The molecule has 0 radical (unpaired) electrons. The normalized spacial score (nSPS) is 13.9. The molecule has 27 heavy (non-hydrogen) atoms. The predicted molar refractivity (Wildman–Crippen MR) is 109 cm³/mol. The molecule has 3 rings (SSSR count). The molecular weight excluding hydrogens is 340 g/mol. The summed E-state index contributed by atoms with van der Waals surface area (Å²) in [4.78, 5) is 26.0. The van der Waals surface area contributed by atoms with Crippen LogP contribution in [0.4, 0.5) is 17.1 Å². The number of rotatable bonds is 6. The van der Waals surface area contributed by atoms with Crippen molar-refractivity contribution < 1.29 is 9.59 Å². The summed E-state index contributed by atoms with van der Waals surface area (Å²) in [6, 6.07) is 13.2. The first-order chi connectivity index (χ1) is 13.0. The van der Waals surface area contributed by atoms with Crippen LogP contribution in [0, 0.1) is 6.92 Å². The van der Waals surface area contributed by atoms with E-state index in [4.69, 9.17) is 5.73 Å². The first-order valence-electron chi connectivity index (χ1n) is 9.33. The van der Waals surface area contributed by atoms with Gasteiger partial charge in [0.05, 0.1) is 6.54 Å². The van der Waals surface area contributed by atoms with Gasteiger partial charge in [-0.1, -0.05) is 6.07 Å². The van der Waals surface area contributed by atoms with Gasteiger partial charge in [0.2, 0.25) is 11.8 Å². The Balaban J connectivity index is 1.55. The summed E-state index contributed by atoms with van der Waals surface area (Å²) in [5, 5.41) is 5.95. The molecule has 1 fully saturated rings. The number of benzene rings is 2. The highest BCUT2D eigenvalue weighted by molar-refractivity contribution is 5.97. The summed E-state index contributed by atoms with van der Waals surface area (Å²) in [6.45, 7) is 4.11. The van der Waals surface area contributed by atoms with Crippen molar-refractivity contribution in [1.29, 1.82) is 0 Å². The number of piperidine rings is 1. The van der Waals surface area contributed by atoms with Crippen molar-refractivity contribution in [2.45, 2.75) is 26.2 Å². The standard InChI is InChI=1S/C21H26N4O2/c1-15-18(21(22)27)6-5-7-19(15)23-14-20(26)24-16-8-10-17(11-9-16)25-12-3-2-4-13-25/h5-11,23H,2-4,12-14H2,1H3,(H2,22,27)(H,24,26). The van der Waals surface area contributed by atoms with Crippen LogP contribution in [0.25, 0.3) is 0 Å². The Morgan fingerprint density at radius 1 is 1.04 bits per heavy atom. The number of carbonyl (C=O) groups excluding carboxylic acids is 2. The number of nitrogens with zero attached hydrogens (tertiary/aromatic N) is 1. The molecule has 1 heterocycles. The smallest absolute Gasteiger partial charge is 0.249 e. The molecule has 0 aliphatic carbocycles. The van der Waals surface area contributed by atoms with Gasteiger partial charge in [-0.15, -0.1) is 0 Å². The van der Waals surface area contributed by atoms with Gasteiger partial charge >= 0.3 is 0 Å². The lowest BCUT2D eigenvalue weighted by Gasteiger charge is -2.28. The lowest BCUT2D eigenvalue weighted by atomic mass is 10.1. The third kappa shape index (κ3) is 4.78. The lowest BCUT2D eigenvalue weighted by Crippen LogP contribution is -2.29. The Morgan fingerprint density at radius 2 is 1.74 bits per heavy atom. The topological polar surface area (TPSA) is 87.5 Å². The second kappa shape index (κ2) is 8.58. The van der Waals surface area contributed by atoms with Crippen LogP contribution < -0.4 is 21.3 Å². The van der Waals surface area contributed by atoms with E-state index >= 15 is 0 Å². The molecule has 2 amide bonds. The molecule has 6 nitrogen and oxygen atoms in total. The molecule has 4 N–H and O–H groups in total. The second-order valence-electron chi connectivity index (χ2n) is 6.84. The van der Waals surface area contributed by atoms with Crippen molar-refractivity contribution >= 4 is 28.9 Å². The van der Waals surface area contributed by atoms with Gasteiger partial charge in [-0.3, -0.25) is 9.59 Å². The molecule has 2 aromatic rings. The predicted octanol–water partition coefficient (Wildman–Crippen LogP) is 3.13. The Kier molecular flexibility index (Phi) is 5.96. The highest BCUT2D eigenvalue weighted by atomic mass is 16.2. The molecule has 1 saturated heterocycles. The molecule has 6 heteroatoms. The van der Waals surface area contributed by atoms with E-state index in [-0.39, 0.29) is 12.5 Å². The zero-order valence-corrected chi connectivity index (χ0v) is 15.6. The number of carbonyl (C=O) groups is 2. The van der Waals surface area contributed by atoms with Gasteiger partial charge < -0.3 is 21.3 Å². The van der Waals surface area contributed by atoms with Crippen LogP contribution in [0.1, 0.15) is 35.2 Å². The molecule has 0 spiro atoms. The minimum absolute atomic E-state index is 0.108. The van der Waals surface area contributed by atoms with Crippen LogP contribution in [-0.4, -0.2) is 31.4 Å². The summed E-state index contributed by atoms with van der Waals surface area (Å²) >= 11 is 0. The third-order valence-corrected chi connectivity index (χ3v) is 4.91. The lowest BCUT2D eigenvalue weighted by molar-refractivity contribution is -0.114. The van der Waals surface area contributed by atoms with Crippen molar-refractivity contribution in [2.24, 2.45) is 5.73 Å². The van der Waals surface area contributed by atoms with Gasteiger partial charge in [0.15, 0.2) is 0 Å². The number of amides is 2. The van der Waals surface area contributed by atoms with Crippen molar-refractivity contribution in [1.82, 2.24) is 0 Å². The maximum Gasteiger partial charge on any atom is 0.249 e. The summed E-state index contributed by atoms with van der Waals surface area (Å²) in [5.41, 5.74) is 9.24. The molecule has 0 atom stereocenters. The number of nitrogens with two attached hydrogens (primary N) is 1. The molecule has 0 unspecified atom stereocenters. The SMILES string of the molecule is Cc1c(NCC(=O)Nc2ccc(N3CCCCC3)cc2)cccc1C(N)=O. The minimum atomic E-state index is -0.477. The number of nitrogens with one attached hydrogen (secondary N) is 2. The van der Waals surface area contributed by atoms with Gasteiger partial charge in [0.25, 0.3) is 0 Å². The van der Waals surface area contributed by atoms with Crippen molar-refractivity contribution in [3.63, 3.8) is 0 Å². The third-order valence-electron chi connectivity index (χ3n) is 4.91. The van der Waals surface area contributed by atoms with Gasteiger partial charge in [0.1, 0.15) is 0 Å². The van der Waals surface area contributed by atoms with Crippen molar-refractivity contribution in [3.8, 4) is 0 Å². The minimum Gasteiger partial charge on any atom is -0.376 e. The fourth-order valence-corrected chi connectivity index (χ4v) is 3.38. The van der Waals surface area contributed by atoms with Crippen LogP contribution in [0.2, 0.25) is 0 Å². The molecule has 1 aliphatic rings. The molecular formula is C21H26N4O2. The molecule has 0 bridgehead atoms. The first kappa shape index (κ1) is 18.8. The molecule has 0 aromatic heterocycles. The molecule has 142 valence electrons. The summed E-state index contributed by atoms with van der Waals surface area (Å²) in [6.07, 6.45) is 3.78. The van der Waals surface area contributed by atoms with E-state index in [1.165, 1.54) is 24.9 Å². The summed E-state index contributed by atoms with van der Waals surface area (Å²) < 4.78 is 0. The fourth-order valence-electron chi connectivity index (χ4n) is 3.38. The van der Waals surface area contributed by atoms with Gasteiger partial charge in [0, 0.05) is 35.7 Å². The van der Waals surface area contributed by atoms with Gasteiger partial charge in [-0.2, -0.15) is 0 Å². The summed E-state index contributed by atoms with van der Waals surface area (Å²) in [7, 11) is 0. The van der Waals surface area contributed by atoms with E-state index < -0.39 is 5.91 Å². The quantitative estimate of drug-likeness (QED) is 0.733. The summed E-state index contributed by atoms with van der Waals surface area (Å²) in [5.74, 6) is -0.626. The van der Waals surface area contributed by atoms with E-state index in [0.717, 1.165) is 30.0 Å². The van der Waals surface area contributed by atoms with E-state index in [1.807, 2.05) is 18.2 Å². The van der Waals surface area contributed by atoms with Crippen LogP contribution >= 0.6 is 0 Å². The van der Waals surface area contributed by atoms with E-state index in [0.29, 0.717) is 5.56 Å². The molecule has 1 aliphatic heterocycles. The van der Waals surface area contributed by atoms with Crippen molar-refractivity contribution in [3.05, 3.63) is 53.6 Å². The Bertz CT molecular complexity index is 811. The molecule has 0 saturated carbocycles. The largest absolute Gasteiger partial charge is 0.376 e. The van der Waals surface area contributed by atoms with Gasteiger partial charge in [-0.25, -0.2) is 0 Å². The Morgan fingerprint density at radius 3 is 2.41 bits per heavy atom. The van der Waals surface area contributed by atoms with Crippen LogP contribution in [0.15, 0.2) is 42.5 Å². The Labute approximate surface area is 159 Å². The molecule has 2 aromatic carbocycles. The highest BCUT2D eigenvalue weighted by Crippen LogP contribution is 2.22.